The Morgan fingerprint density at radius 1 is 0.857 bits per heavy atom. The number of nitrogen functional groups attached to an aromatic ring is 3. The lowest BCUT2D eigenvalue weighted by molar-refractivity contribution is 0.103. The van der Waals surface area contributed by atoms with Gasteiger partial charge in [0.25, 0.3) is 0 Å². The van der Waals surface area contributed by atoms with Crippen molar-refractivity contribution in [3.63, 3.8) is 0 Å². The monoisotopic (exact) mass is 281 g/mol. The molecule has 2 aromatic heterocycles. The van der Waals surface area contributed by atoms with Crippen LogP contribution in [0.3, 0.4) is 0 Å². The predicted molar refractivity (Wildman–Crippen MR) is 78.2 cm³/mol. The Hall–Kier alpha value is -3.29. The van der Waals surface area contributed by atoms with E-state index in [2.05, 4.69) is 19.9 Å². The van der Waals surface area contributed by atoms with E-state index < -0.39 is 0 Å². The molecule has 0 saturated heterocycles. The zero-order chi connectivity index (χ0) is 15.0. The molecule has 0 fully saturated rings. The molecule has 0 atom stereocenters. The number of fused-ring (bicyclic) bond motifs is 1. The summed E-state index contributed by atoms with van der Waals surface area (Å²) in [5.41, 5.74) is 17.8. The van der Waals surface area contributed by atoms with Crippen LogP contribution in [0.1, 0.15) is 16.1 Å². The molecule has 0 amide bonds. The number of anilines is 3. The van der Waals surface area contributed by atoms with Crippen molar-refractivity contribution in [3.05, 3.63) is 41.6 Å². The molecule has 3 rings (SSSR count). The lowest BCUT2D eigenvalue weighted by Gasteiger charge is -2.06. The highest BCUT2D eigenvalue weighted by Crippen LogP contribution is 2.20. The maximum absolute atomic E-state index is 12.4. The molecule has 104 valence electrons. The van der Waals surface area contributed by atoms with Crippen molar-refractivity contribution >= 4 is 34.5 Å². The molecule has 0 radical (unpaired) electrons. The maximum Gasteiger partial charge on any atom is 0.224 e. The quantitative estimate of drug-likeness (QED) is 0.572. The first-order valence-corrected chi connectivity index (χ1v) is 6.02. The summed E-state index contributed by atoms with van der Waals surface area (Å²) in [5, 5.41) is 0. The average Bonchev–Trinajstić information content (AvgIpc) is 2.46. The number of hydrogen-bond acceptors (Lipinski definition) is 8. The van der Waals surface area contributed by atoms with Crippen molar-refractivity contribution < 1.29 is 4.79 Å². The van der Waals surface area contributed by atoms with Crippen LogP contribution in [0.2, 0.25) is 0 Å². The van der Waals surface area contributed by atoms with Crippen LogP contribution in [0.25, 0.3) is 11.2 Å². The average molecular weight is 281 g/mol. The molecule has 0 aliphatic heterocycles. The van der Waals surface area contributed by atoms with Gasteiger partial charge in [0.2, 0.25) is 11.7 Å². The van der Waals surface area contributed by atoms with E-state index in [0.717, 1.165) is 0 Å². The van der Waals surface area contributed by atoms with Crippen LogP contribution >= 0.6 is 0 Å². The topological polar surface area (TPSA) is 147 Å². The molecule has 0 unspecified atom stereocenters. The molecule has 0 aliphatic carbocycles. The smallest absolute Gasteiger partial charge is 0.224 e. The summed E-state index contributed by atoms with van der Waals surface area (Å²) in [4.78, 5) is 28.3. The summed E-state index contributed by atoms with van der Waals surface area (Å²) < 4.78 is 0. The van der Waals surface area contributed by atoms with Crippen LogP contribution in [0.4, 0.5) is 17.6 Å². The first-order chi connectivity index (χ1) is 10.1. The first-order valence-electron chi connectivity index (χ1n) is 6.02. The van der Waals surface area contributed by atoms with Crippen molar-refractivity contribution in [2.45, 2.75) is 0 Å². The highest BCUT2D eigenvalue weighted by Gasteiger charge is 2.18. The third kappa shape index (κ3) is 2.18. The van der Waals surface area contributed by atoms with E-state index in [1.807, 2.05) is 0 Å². The highest BCUT2D eigenvalue weighted by atomic mass is 16.1. The minimum atomic E-state index is -0.348. The Morgan fingerprint density at radius 2 is 1.57 bits per heavy atom. The Kier molecular flexibility index (Phi) is 2.83. The number of carbonyl (C=O) groups is 1. The number of aromatic nitrogens is 4. The zero-order valence-corrected chi connectivity index (χ0v) is 10.8. The molecule has 3 aromatic rings. The fourth-order valence-electron chi connectivity index (χ4n) is 1.89. The Morgan fingerprint density at radius 3 is 2.29 bits per heavy atom. The molecule has 8 nitrogen and oxygen atoms in total. The Labute approximate surface area is 119 Å². The molecule has 6 N–H and O–H groups in total. The Balaban J connectivity index is 2.20. The van der Waals surface area contributed by atoms with Gasteiger partial charge in [0.05, 0.1) is 0 Å². The number of hydrogen-bond donors (Lipinski definition) is 3. The van der Waals surface area contributed by atoms with E-state index in [4.69, 9.17) is 17.2 Å². The number of nitrogens with zero attached hydrogens (tertiary/aromatic N) is 4. The maximum atomic E-state index is 12.4. The fraction of sp³-hybridized carbons (Fsp3) is 0. The molecule has 21 heavy (non-hydrogen) atoms. The molecule has 0 saturated carbocycles. The van der Waals surface area contributed by atoms with Gasteiger partial charge in [-0.1, -0.05) is 30.3 Å². The molecule has 2 heterocycles. The molecule has 0 aliphatic rings. The van der Waals surface area contributed by atoms with Crippen molar-refractivity contribution in [1.82, 2.24) is 19.9 Å². The van der Waals surface area contributed by atoms with Gasteiger partial charge in [-0.2, -0.15) is 9.97 Å². The third-order valence-electron chi connectivity index (χ3n) is 2.85. The normalized spacial score (nSPS) is 10.7. The summed E-state index contributed by atoms with van der Waals surface area (Å²) in [6.07, 6.45) is 0. The third-order valence-corrected chi connectivity index (χ3v) is 2.85. The largest absolute Gasteiger partial charge is 0.382 e. The molecule has 1 aromatic carbocycles. The van der Waals surface area contributed by atoms with E-state index >= 15 is 0 Å². The van der Waals surface area contributed by atoms with Crippen molar-refractivity contribution in [1.29, 1.82) is 0 Å². The summed E-state index contributed by atoms with van der Waals surface area (Å²) in [7, 11) is 0. The van der Waals surface area contributed by atoms with Crippen molar-refractivity contribution in [2.24, 2.45) is 0 Å². The van der Waals surface area contributed by atoms with Crippen LogP contribution in [0.5, 0.6) is 0 Å². The van der Waals surface area contributed by atoms with Crippen LogP contribution in [0.15, 0.2) is 30.3 Å². The first kappa shape index (κ1) is 12.7. The van der Waals surface area contributed by atoms with E-state index in [0.29, 0.717) is 5.56 Å². The van der Waals surface area contributed by atoms with Crippen LogP contribution in [0, 0.1) is 0 Å². The highest BCUT2D eigenvalue weighted by molar-refractivity contribution is 6.11. The second-order valence-electron chi connectivity index (χ2n) is 4.29. The summed E-state index contributed by atoms with van der Waals surface area (Å²) in [5.74, 6) is -0.365. The second kappa shape index (κ2) is 4.67. The summed E-state index contributed by atoms with van der Waals surface area (Å²) in [6.45, 7) is 0. The van der Waals surface area contributed by atoms with E-state index in [1.54, 1.807) is 30.3 Å². The molecular weight excluding hydrogens is 270 g/mol. The van der Waals surface area contributed by atoms with Gasteiger partial charge in [0.1, 0.15) is 0 Å². The van der Waals surface area contributed by atoms with Gasteiger partial charge in [-0.15, -0.1) is 0 Å². The molecule has 0 bridgehead atoms. The summed E-state index contributed by atoms with van der Waals surface area (Å²) >= 11 is 0. The van der Waals surface area contributed by atoms with Crippen LogP contribution in [-0.2, 0) is 0 Å². The standard InChI is InChI=1S/C13H11N7O/c14-10-7(9(21)6-4-2-1-3-5-6)17-8-11(15)19-13(16)20-12(8)18-10/h1-5H,(H6,14,15,16,18,19,20). The SMILES string of the molecule is Nc1nc(N)c2nc(C(=O)c3ccccc3)c(N)nc2n1. The van der Waals surface area contributed by atoms with Gasteiger partial charge >= 0.3 is 0 Å². The van der Waals surface area contributed by atoms with Gasteiger partial charge in [0, 0.05) is 5.56 Å². The van der Waals surface area contributed by atoms with Crippen molar-refractivity contribution in [2.75, 3.05) is 17.2 Å². The number of benzene rings is 1. The van der Waals surface area contributed by atoms with Gasteiger partial charge in [0.15, 0.2) is 28.5 Å². The second-order valence-corrected chi connectivity index (χ2v) is 4.29. The van der Waals surface area contributed by atoms with E-state index in [1.165, 1.54) is 0 Å². The number of nitrogens with two attached hydrogens (primary N) is 3. The molecular formula is C13H11N7O. The minimum Gasteiger partial charge on any atom is -0.382 e. The van der Waals surface area contributed by atoms with Crippen LogP contribution in [-0.4, -0.2) is 25.7 Å². The number of ketones is 1. The zero-order valence-electron chi connectivity index (χ0n) is 10.8. The lowest BCUT2D eigenvalue weighted by atomic mass is 10.1. The van der Waals surface area contributed by atoms with Crippen molar-refractivity contribution in [3.8, 4) is 0 Å². The van der Waals surface area contributed by atoms with Gasteiger partial charge in [-0.05, 0) is 0 Å². The number of carbonyl (C=O) groups excluding carboxylic acids is 1. The fourth-order valence-corrected chi connectivity index (χ4v) is 1.89. The summed E-state index contributed by atoms with van der Waals surface area (Å²) in [6, 6.07) is 8.62. The van der Waals surface area contributed by atoms with E-state index in [-0.39, 0.29) is 40.2 Å². The van der Waals surface area contributed by atoms with Gasteiger partial charge in [-0.3, -0.25) is 4.79 Å². The number of rotatable bonds is 2. The minimum absolute atomic E-state index is 0.00812. The van der Waals surface area contributed by atoms with Crippen LogP contribution < -0.4 is 17.2 Å². The Bertz CT molecular complexity index is 848. The molecule has 8 heteroatoms. The van der Waals surface area contributed by atoms with Gasteiger partial charge in [-0.25, -0.2) is 9.97 Å². The lowest BCUT2D eigenvalue weighted by Crippen LogP contribution is -2.12. The van der Waals surface area contributed by atoms with Gasteiger partial charge < -0.3 is 17.2 Å². The molecule has 0 spiro atoms. The van der Waals surface area contributed by atoms with E-state index in [9.17, 15) is 4.79 Å². The predicted octanol–water partition coefficient (Wildman–Crippen LogP) is 0.397.